The van der Waals surface area contributed by atoms with Gasteiger partial charge < -0.3 is 24.7 Å². The highest BCUT2D eigenvalue weighted by atomic mass is 16.7. The van der Waals surface area contributed by atoms with Crippen LogP contribution in [0.1, 0.15) is 63.2 Å². The zero-order valence-corrected chi connectivity index (χ0v) is 15.9. The Morgan fingerprint density at radius 3 is 2.82 bits per heavy atom. The largest absolute Gasteiger partial charge is 0.448 e. The normalized spacial score (nSPS) is 23.0. The van der Waals surface area contributed by atoms with E-state index in [1.807, 2.05) is 23.1 Å². The zero-order chi connectivity index (χ0) is 19.0. The lowest BCUT2D eigenvalue weighted by molar-refractivity contribution is -0.105. The Morgan fingerprint density at radius 1 is 1.14 bits per heavy atom. The van der Waals surface area contributed by atoms with Crippen molar-refractivity contribution in [2.24, 2.45) is 0 Å². The van der Waals surface area contributed by atoms with E-state index in [-0.39, 0.29) is 12.1 Å². The Morgan fingerprint density at radius 2 is 2.00 bits per heavy atom. The Balaban J connectivity index is 1.30. The average Bonchev–Trinajstić information content (AvgIpc) is 3.36. The molecule has 2 N–H and O–H groups in total. The van der Waals surface area contributed by atoms with Crippen LogP contribution in [-0.2, 0) is 0 Å². The summed E-state index contributed by atoms with van der Waals surface area (Å²) in [5.41, 5.74) is 0.726. The molecule has 3 aliphatic rings. The van der Waals surface area contributed by atoms with Gasteiger partial charge in [0.05, 0.1) is 6.04 Å². The van der Waals surface area contributed by atoms with Crippen LogP contribution >= 0.6 is 0 Å². The van der Waals surface area contributed by atoms with Crippen molar-refractivity contribution < 1.29 is 14.3 Å². The third-order valence-corrected chi connectivity index (χ3v) is 6.00. The maximum atomic E-state index is 13.0. The molecule has 1 saturated carbocycles. The summed E-state index contributed by atoms with van der Waals surface area (Å²) in [5.74, 6) is 1.84. The number of carbonyl (C=O) groups excluding carboxylic acids is 1. The van der Waals surface area contributed by atoms with Gasteiger partial charge in [0.15, 0.2) is 11.5 Å². The molecule has 2 amide bonds. The molecule has 28 heavy (non-hydrogen) atoms. The Hall–Kier alpha value is -2.70. The van der Waals surface area contributed by atoms with E-state index in [9.17, 15) is 4.79 Å². The van der Waals surface area contributed by atoms with Gasteiger partial charge in [0.2, 0.25) is 0 Å². The number of fused-ring (bicyclic) bond motifs is 1. The van der Waals surface area contributed by atoms with Crippen LogP contribution in [0.25, 0.3) is 0 Å². The van der Waals surface area contributed by atoms with Gasteiger partial charge >= 0.3 is 6.03 Å². The van der Waals surface area contributed by atoms with Gasteiger partial charge in [-0.2, -0.15) is 0 Å². The number of likely N-dealkylation sites (tertiary alicyclic amines) is 1. The molecular weight excluding hydrogens is 356 g/mol. The summed E-state index contributed by atoms with van der Waals surface area (Å²) in [6.45, 7) is 0.727. The van der Waals surface area contributed by atoms with Gasteiger partial charge in [-0.05, 0) is 44.2 Å². The lowest BCUT2D eigenvalue weighted by atomic mass is 9.94. The molecule has 1 saturated heterocycles. The van der Waals surface area contributed by atoms with Gasteiger partial charge in [-0.15, -0.1) is 0 Å². The second kappa shape index (κ2) is 7.04. The number of piperidine rings is 1. The highest BCUT2D eigenvalue weighted by Crippen LogP contribution is 2.46. The fourth-order valence-electron chi connectivity index (χ4n) is 4.58. The zero-order valence-electron chi connectivity index (χ0n) is 15.9. The topological polar surface area (TPSA) is 79.5 Å². The summed E-state index contributed by atoms with van der Waals surface area (Å²) < 4.78 is 12.3. The number of amides is 2. The standard InChI is InChI=1S/C21H26N4O3/c26-20(25-13-5-2-6-16(25)19-22-11-12-23-19)24-15-7-8-17-18(14-15)28-21(27-17)9-3-1-4-10-21/h7-8,11-12,14,16H,1-6,9-10,13H2,(H,22,23)(H,24,26)/t16-/m0/s1. The summed E-state index contributed by atoms with van der Waals surface area (Å²) in [6.07, 6.45) is 11.9. The highest BCUT2D eigenvalue weighted by Gasteiger charge is 2.42. The Kier molecular flexibility index (Phi) is 4.37. The first-order chi connectivity index (χ1) is 13.7. The molecule has 7 nitrogen and oxygen atoms in total. The van der Waals surface area contributed by atoms with E-state index in [0.717, 1.165) is 74.5 Å². The third-order valence-electron chi connectivity index (χ3n) is 6.00. The van der Waals surface area contributed by atoms with E-state index in [1.54, 1.807) is 12.4 Å². The first-order valence-corrected chi connectivity index (χ1v) is 10.3. The molecule has 148 valence electrons. The average molecular weight is 382 g/mol. The van der Waals surface area contributed by atoms with Crippen molar-refractivity contribution in [2.45, 2.75) is 63.2 Å². The maximum absolute atomic E-state index is 13.0. The number of anilines is 1. The number of hydrogen-bond acceptors (Lipinski definition) is 4. The molecule has 0 bridgehead atoms. The number of benzene rings is 1. The minimum Gasteiger partial charge on any atom is -0.448 e. The number of hydrogen-bond donors (Lipinski definition) is 2. The molecule has 2 fully saturated rings. The molecule has 3 heterocycles. The van der Waals surface area contributed by atoms with Gasteiger partial charge in [0, 0.05) is 43.5 Å². The smallest absolute Gasteiger partial charge is 0.322 e. The van der Waals surface area contributed by atoms with Crippen molar-refractivity contribution in [2.75, 3.05) is 11.9 Å². The number of imidazole rings is 1. The Bertz CT molecular complexity index is 845. The number of ether oxygens (including phenoxy) is 2. The van der Waals surface area contributed by atoms with Crippen molar-refractivity contribution in [1.82, 2.24) is 14.9 Å². The summed E-state index contributed by atoms with van der Waals surface area (Å²) in [4.78, 5) is 22.4. The molecule has 0 radical (unpaired) electrons. The van der Waals surface area contributed by atoms with Crippen LogP contribution in [0, 0.1) is 0 Å². The number of urea groups is 1. The second-order valence-electron chi connectivity index (χ2n) is 7.95. The van der Waals surface area contributed by atoms with Gasteiger partial charge in [0.25, 0.3) is 5.79 Å². The van der Waals surface area contributed by atoms with Gasteiger partial charge in [-0.3, -0.25) is 0 Å². The molecule has 5 rings (SSSR count). The van der Waals surface area contributed by atoms with Crippen LogP contribution in [0.2, 0.25) is 0 Å². The van der Waals surface area contributed by atoms with Crippen LogP contribution < -0.4 is 14.8 Å². The summed E-state index contributed by atoms with van der Waals surface area (Å²) in [5, 5.41) is 3.03. The van der Waals surface area contributed by atoms with Gasteiger partial charge in [-0.25, -0.2) is 9.78 Å². The molecule has 1 aliphatic carbocycles. The minimum atomic E-state index is -0.500. The summed E-state index contributed by atoms with van der Waals surface area (Å²) in [7, 11) is 0. The van der Waals surface area contributed by atoms with Crippen LogP contribution in [0.3, 0.4) is 0 Å². The van der Waals surface area contributed by atoms with Crippen molar-refractivity contribution >= 4 is 11.7 Å². The fraction of sp³-hybridized carbons (Fsp3) is 0.524. The van der Waals surface area contributed by atoms with E-state index in [2.05, 4.69) is 15.3 Å². The monoisotopic (exact) mass is 382 g/mol. The summed E-state index contributed by atoms with van der Waals surface area (Å²) >= 11 is 0. The van der Waals surface area contributed by atoms with Crippen molar-refractivity contribution in [3.63, 3.8) is 0 Å². The maximum Gasteiger partial charge on any atom is 0.322 e. The number of carbonyl (C=O) groups is 1. The number of aromatic amines is 1. The van der Waals surface area contributed by atoms with Crippen molar-refractivity contribution in [1.29, 1.82) is 0 Å². The number of aromatic nitrogens is 2. The molecule has 0 unspecified atom stereocenters. The van der Waals surface area contributed by atoms with Gasteiger partial charge in [0.1, 0.15) is 5.82 Å². The van der Waals surface area contributed by atoms with E-state index >= 15 is 0 Å². The van der Waals surface area contributed by atoms with Crippen molar-refractivity contribution in [3.8, 4) is 11.5 Å². The SMILES string of the molecule is O=C(Nc1ccc2c(c1)OC1(CCCCC1)O2)N1CCCC[C@H]1c1ncc[nH]1. The first kappa shape index (κ1) is 17.4. The van der Waals surface area contributed by atoms with Crippen molar-refractivity contribution in [3.05, 3.63) is 36.4 Å². The van der Waals surface area contributed by atoms with Crippen LogP contribution in [0.15, 0.2) is 30.6 Å². The lowest BCUT2D eigenvalue weighted by Crippen LogP contribution is -2.41. The molecule has 2 aromatic rings. The molecule has 2 aliphatic heterocycles. The molecule has 7 heteroatoms. The van der Waals surface area contributed by atoms with E-state index in [1.165, 1.54) is 6.42 Å². The fourth-order valence-corrected chi connectivity index (χ4v) is 4.58. The summed E-state index contributed by atoms with van der Waals surface area (Å²) in [6, 6.07) is 5.54. The van der Waals surface area contributed by atoms with E-state index < -0.39 is 5.79 Å². The Labute approximate surface area is 164 Å². The lowest BCUT2D eigenvalue weighted by Gasteiger charge is -2.34. The van der Waals surface area contributed by atoms with E-state index in [0.29, 0.717) is 0 Å². The predicted octanol–water partition coefficient (Wildman–Crippen LogP) is 4.60. The van der Waals surface area contributed by atoms with Gasteiger partial charge in [-0.1, -0.05) is 6.42 Å². The number of rotatable bonds is 2. The predicted molar refractivity (Wildman–Crippen MR) is 104 cm³/mol. The third kappa shape index (κ3) is 3.19. The van der Waals surface area contributed by atoms with Crippen LogP contribution in [0.4, 0.5) is 10.5 Å². The second-order valence-corrected chi connectivity index (χ2v) is 7.95. The minimum absolute atomic E-state index is 0.0109. The van der Waals surface area contributed by atoms with E-state index in [4.69, 9.17) is 9.47 Å². The molecule has 1 aromatic heterocycles. The molecule has 1 spiro atoms. The molecule has 1 atom stereocenters. The highest BCUT2D eigenvalue weighted by molar-refractivity contribution is 5.90. The van der Waals surface area contributed by atoms with Crippen LogP contribution in [-0.4, -0.2) is 33.2 Å². The quantitative estimate of drug-likeness (QED) is 0.795. The number of nitrogens with zero attached hydrogens (tertiary/aromatic N) is 2. The number of nitrogens with one attached hydrogen (secondary N) is 2. The number of H-pyrrole nitrogens is 1. The van der Waals surface area contributed by atoms with Crippen LogP contribution in [0.5, 0.6) is 11.5 Å². The molecule has 1 aromatic carbocycles. The molecular formula is C21H26N4O3. The first-order valence-electron chi connectivity index (χ1n) is 10.3.